The summed E-state index contributed by atoms with van der Waals surface area (Å²) in [5, 5.41) is 16.4. The lowest BCUT2D eigenvalue weighted by molar-refractivity contribution is -0.146. The Morgan fingerprint density at radius 3 is 2.33 bits per heavy atom. The van der Waals surface area contributed by atoms with Gasteiger partial charge in [0.15, 0.2) is 0 Å². The maximum absolute atomic E-state index is 11.5. The normalized spacial score (nSPS) is 13.4. The van der Waals surface area contributed by atoms with Crippen LogP contribution in [0, 0.1) is 11.3 Å². The minimum absolute atomic E-state index is 0.0102. The van der Waals surface area contributed by atoms with Crippen molar-refractivity contribution in [3.63, 3.8) is 0 Å². The first-order valence-corrected chi connectivity index (χ1v) is 5.24. The largest absolute Gasteiger partial charge is 0.455 e. The van der Waals surface area contributed by atoms with E-state index >= 15 is 0 Å². The molecule has 15 heavy (non-hydrogen) atoms. The molecule has 0 rings (SSSR count). The molecule has 0 aliphatic rings. The topological polar surface area (TPSA) is 70.4 Å². The molecule has 0 aromatic rings. The molecule has 2 N–H and O–H groups in total. The molecule has 0 saturated carbocycles. The molecule has 0 amide bonds. The first-order valence-electron chi connectivity index (χ1n) is 5.24. The molecule has 0 aliphatic carbocycles. The summed E-state index contributed by atoms with van der Waals surface area (Å²) in [6.07, 6.45) is 1.10. The van der Waals surface area contributed by atoms with E-state index in [4.69, 9.17) is 15.3 Å². The molecule has 0 saturated heterocycles. The van der Waals surface area contributed by atoms with Crippen LogP contribution < -0.4 is 0 Å². The van der Waals surface area contributed by atoms with Gasteiger partial charge in [-0.3, -0.25) is 5.41 Å². The van der Waals surface area contributed by atoms with E-state index in [1.54, 1.807) is 20.8 Å². The monoisotopic (exact) mass is 215 g/mol. The third-order valence-corrected chi connectivity index (χ3v) is 2.00. The highest BCUT2D eigenvalue weighted by atomic mass is 16.6. The smallest absolute Gasteiger partial charge is 0.352 e. The second-order valence-electron chi connectivity index (χ2n) is 4.53. The van der Waals surface area contributed by atoms with Crippen LogP contribution in [0.25, 0.3) is 0 Å². The van der Waals surface area contributed by atoms with Crippen LogP contribution in [0.3, 0.4) is 0 Å². The van der Waals surface area contributed by atoms with Crippen molar-refractivity contribution in [2.24, 2.45) is 5.92 Å². The number of rotatable bonds is 5. The number of aliphatic hydroxyl groups excluding tert-OH is 1. The number of hydrogen-bond acceptors (Lipinski definition) is 4. The molecule has 4 nitrogen and oxygen atoms in total. The Kier molecular flexibility index (Phi) is 5.50. The number of carbonyl (C=O) groups is 1. The minimum Gasteiger partial charge on any atom is -0.455 e. The van der Waals surface area contributed by atoms with Crippen molar-refractivity contribution in [1.29, 1.82) is 5.41 Å². The zero-order valence-corrected chi connectivity index (χ0v) is 9.96. The summed E-state index contributed by atoms with van der Waals surface area (Å²) in [5.41, 5.74) is -0.609. The average molecular weight is 215 g/mol. The fourth-order valence-corrected chi connectivity index (χ4v) is 1.21. The van der Waals surface area contributed by atoms with Gasteiger partial charge in [0.2, 0.25) is 0 Å². The Morgan fingerprint density at radius 2 is 2.00 bits per heavy atom. The minimum atomic E-state index is -0.581. The number of ether oxygens (including phenoxy) is 1. The number of carbonyl (C=O) groups excluding carboxylic acids is 1. The molecular formula is C11H21NO3. The van der Waals surface area contributed by atoms with Gasteiger partial charge in [-0.25, -0.2) is 4.79 Å². The fraction of sp³-hybridized carbons (Fsp3) is 0.818. The molecule has 0 aromatic heterocycles. The lowest BCUT2D eigenvalue weighted by Crippen LogP contribution is -2.32. The summed E-state index contributed by atoms with van der Waals surface area (Å²) in [4.78, 5) is 11.5. The Bertz CT molecular complexity index is 230. The van der Waals surface area contributed by atoms with Gasteiger partial charge in [0.05, 0.1) is 0 Å². The molecule has 0 aliphatic heterocycles. The molecule has 0 aromatic carbocycles. The first kappa shape index (κ1) is 14.1. The second-order valence-corrected chi connectivity index (χ2v) is 4.53. The van der Waals surface area contributed by atoms with Crippen molar-refractivity contribution in [3.05, 3.63) is 0 Å². The molecule has 88 valence electrons. The summed E-state index contributed by atoms with van der Waals surface area (Å²) < 4.78 is 5.08. The Labute approximate surface area is 91.1 Å². The van der Waals surface area contributed by atoms with Crippen LogP contribution >= 0.6 is 0 Å². The van der Waals surface area contributed by atoms with Gasteiger partial charge in [0.25, 0.3) is 0 Å². The van der Waals surface area contributed by atoms with Crippen LogP contribution in [0.2, 0.25) is 0 Å². The molecule has 0 radical (unpaired) electrons. The van der Waals surface area contributed by atoms with E-state index in [0.717, 1.165) is 0 Å². The number of aliphatic hydroxyl groups is 1. The molecule has 0 unspecified atom stereocenters. The Balaban J connectivity index is 4.36. The maximum atomic E-state index is 11.5. The van der Waals surface area contributed by atoms with Crippen LogP contribution in [-0.4, -0.2) is 29.0 Å². The third-order valence-electron chi connectivity index (χ3n) is 2.00. The van der Waals surface area contributed by atoms with Crippen LogP contribution in [0.4, 0.5) is 0 Å². The van der Waals surface area contributed by atoms with Gasteiger partial charge in [-0.2, -0.15) is 0 Å². The molecule has 0 spiro atoms. The van der Waals surface area contributed by atoms with Gasteiger partial charge < -0.3 is 9.84 Å². The fourth-order valence-electron chi connectivity index (χ4n) is 1.21. The highest BCUT2D eigenvalue weighted by Gasteiger charge is 2.24. The predicted molar refractivity (Wildman–Crippen MR) is 59.1 cm³/mol. The molecule has 1 atom stereocenters. The van der Waals surface area contributed by atoms with Crippen molar-refractivity contribution in [1.82, 2.24) is 0 Å². The summed E-state index contributed by atoms with van der Waals surface area (Å²) >= 11 is 0. The number of esters is 1. The summed E-state index contributed by atoms with van der Waals surface area (Å²) in [6, 6.07) is 0. The first-order chi connectivity index (χ1) is 6.81. The van der Waals surface area contributed by atoms with Gasteiger partial charge >= 0.3 is 5.97 Å². The highest BCUT2D eigenvalue weighted by Crippen LogP contribution is 2.14. The van der Waals surface area contributed by atoms with Crippen molar-refractivity contribution in [2.75, 3.05) is 6.61 Å². The molecule has 0 bridgehead atoms. The SMILES string of the molecule is CC[C@@H](CCO)C(=N)C(=O)OC(C)(C)C. The van der Waals surface area contributed by atoms with Crippen LogP contribution in [0.15, 0.2) is 0 Å². The third kappa shape index (κ3) is 5.52. The van der Waals surface area contributed by atoms with Crippen LogP contribution in [0.5, 0.6) is 0 Å². The number of hydrogen-bond donors (Lipinski definition) is 2. The second kappa shape index (κ2) is 5.85. The quantitative estimate of drug-likeness (QED) is 0.542. The van der Waals surface area contributed by atoms with Gasteiger partial charge in [0, 0.05) is 12.5 Å². The zero-order chi connectivity index (χ0) is 12.1. The Morgan fingerprint density at radius 1 is 1.47 bits per heavy atom. The van der Waals surface area contributed by atoms with E-state index in [-0.39, 0.29) is 18.2 Å². The van der Waals surface area contributed by atoms with Crippen molar-refractivity contribution in [2.45, 2.75) is 46.1 Å². The van der Waals surface area contributed by atoms with Gasteiger partial charge in [0.1, 0.15) is 11.3 Å². The molecule has 4 heteroatoms. The van der Waals surface area contributed by atoms with E-state index in [9.17, 15) is 4.79 Å². The van der Waals surface area contributed by atoms with Gasteiger partial charge in [-0.1, -0.05) is 6.92 Å². The standard InChI is InChI=1S/C11H21NO3/c1-5-8(6-7-13)9(12)10(14)15-11(2,3)4/h8,12-13H,5-7H2,1-4H3/t8-/m0/s1. The van der Waals surface area contributed by atoms with Gasteiger partial charge in [-0.15, -0.1) is 0 Å². The van der Waals surface area contributed by atoms with Crippen molar-refractivity contribution < 1.29 is 14.6 Å². The Hall–Kier alpha value is -0.900. The lowest BCUT2D eigenvalue weighted by Gasteiger charge is -2.22. The maximum Gasteiger partial charge on any atom is 0.352 e. The summed E-state index contributed by atoms with van der Waals surface area (Å²) in [5.74, 6) is -0.785. The lowest BCUT2D eigenvalue weighted by atomic mass is 9.97. The van der Waals surface area contributed by atoms with E-state index in [0.29, 0.717) is 12.8 Å². The van der Waals surface area contributed by atoms with Crippen molar-refractivity contribution >= 4 is 11.7 Å². The predicted octanol–water partition coefficient (Wildman–Crippen LogP) is 1.76. The van der Waals surface area contributed by atoms with Gasteiger partial charge in [-0.05, 0) is 33.6 Å². The molecule has 0 heterocycles. The van der Waals surface area contributed by atoms with E-state index < -0.39 is 11.6 Å². The summed E-state index contributed by atoms with van der Waals surface area (Å²) in [7, 11) is 0. The summed E-state index contributed by atoms with van der Waals surface area (Å²) in [6.45, 7) is 7.18. The molecule has 0 fully saturated rings. The van der Waals surface area contributed by atoms with Crippen LogP contribution in [0.1, 0.15) is 40.5 Å². The van der Waals surface area contributed by atoms with E-state index in [1.807, 2.05) is 6.92 Å². The highest BCUT2D eigenvalue weighted by molar-refractivity contribution is 6.35. The molecular weight excluding hydrogens is 194 g/mol. The van der Waals surface area contributed by atoms with Crippen LogP contribution in [-0.2, 0) is 9.53 Å². The average Bonchev–Trinajstić information content (AvgIpc) is 2.10. The zero-order valence-electron chi connectivity index (χ0n) is 9.96. The van der Waals surface area contributed by atoms with E-state index in [2.05, 4.69) is 0 Å². The number of nitrogens with one attached hydrogen (secondary N) is 1. The van der Waals surface area contributed by atoms with Crippen molar-refractivity contribution in [3.8, 4) is 0 Å². The van der Waals surface area contributed by atoms with E-state index in [1.165, 1.54) is 0 Å².